The number of piperidine rings is 1. The van der Waals surface area contributed by atoms with Crippen molar-refractivity contribution in [2.24, 2.45) is 0 Å². The molecule has 6 nitrogen and oxygen atoms in total. The van der Waals surface area contributed by atoms with Gasteiger partial charge in [-0.05, 0) is 63.8 Å². The number of hydrogen-bond acceptors (Lipinski definition) is 5. The molecule has 0 unspecified atom stereocenters. The zero-order chi connectivity index (χ0) is 17.6. The van der Waals surface area contributed by atoms with Crippen molar-refractivity contribution in [2.75, 3.05) is 24.5 Å². The van der Waals surface area contributed by atoms with Crippen molar-refractivity contribution in [3.63, 3.8) is 0 Å². The monoisotopic (exact) mass is 338 g/mol. The molecule has 0 spiro atoms. The molecule has 3 heterocycles. The van der Waals surface area contributed by atoms with E-state index in [1.54, 1.807) is 12.3 Å². The molecule has 1 aliphatic heterocycles. The topological polar surface area (TPSA) is 80.6 Å². The molecule has 0 atom stereocenters. The number of hydrogen-bond donors (Lipinski definition) is 2. The fraction of sp³-hybridized carbons (Fsp3) is 0.526. The van der Waals surface area contributed by atoms with Gasteiger partial charge < -0.3 is 10.2 Å². The van der Waals surface area contributed by atoms with Gasteiger partial charge in [-0.3, -0.25) is 5.10 Å². The van der Waals surface area contributed by atoms with Gasteiger partial charge in [0, 0.05) is 31.0 Å². The molecule has 2 N–H and O–H groups in total. The highest BCUT2D eigenvalue weighted by molar-refractivity contribution is 5.45. The highest BCUT2D eigenvalue weighted by Crippen LogP contribution is 2.19. The van der Waals surface area contributed by atoms with Crippen LogP contribution in [0.15, 0.2) is 18.3 Å². The molecule has 3 rings (SSSR count). The van der Waals surface area contributed by atoms with Crippen LogP contribution in [-0.2, 0) is 6.42 Å². The fourth-order valence-electron chi connectivity index (χ4n) is 3.49. The molecular weight excluding hydrogens is 312 g/mol. The number of nitriles is 1. The summed E-state index contributed by atoms with van der Waals surface area (Å²) < 4.78 is 0. The van der Waals surface area contributed by atoms with E-state index in [0.717, 1.165) is 56.8 Å². The second-order valence-corrected chi connectivity index (χ2v) is 6.75. The lowest BCUT2D eigenvalue weighted by molar-refractivity contribution is 0.411. The van der Waals surface area contributed by atoms with Crippen LogP contribution in [0.1, 0.15) is 41.8 Å². The third-order valence-electron chi connectivity index (χ3n) is 5.01. The molecule has 0 radical (unpaired) electrons. The Kier molecular flexibility index (Phi) is 5.67. The number of pyridine rings is 1. The summed E-state index contributed by atoms with van der Waals surface area (Å²) in [5.41, 5.74) is 4.35. The first-order chi connectivity index (χ1) is 12.2. The predicted molar refractivity (Wildman–Crippen MR) is 98.6 cm³/mol. The van der Waals surface area contributed by atoms with E-state index >= 15 is 0 Å². The fourth-order valence-corrected chi connectivity index (χ4v) is 3.49. The number of anilines is 1. The van der Waals surface area contributed by atoms with Crippen molar-refractivity contribution < 1.29 is 0 Å². The van der Waals surface area contributed by atoms with Gasteiger partial charge >= 0.3 is 0 Å². The molecule has 132 valence electrons. The zero-order valence-corrected chi connectivity index (χ0v) is 15.0. The highest BCUT2D eigenvalue weighted by atomic mass is 15.2. The molecule has 1 aliphatic rings. The Morgan fingerprint density at radius 2 is 2.16 bits per heavy atom. The molecule has 25 heavy (non-hydrogen) atoms. The second kappa shape index (κ2) is 8.13. The minimum atomic E-state index is 0.571. The molecular formula is C19H26N6. The third kappa shape index (κ3) is 4.37. The first-order valence-corrected chi connectivity index (χ1v) is 9.02. The van der Waals surface area contributed by atoms with Crippen LogP contribution in [0.4, 0.5) is 5.82 Å². The van der Waals surface area contributed by atoms with E-state index in [1.165, 1.54) is 11.3 Å². The van der Waals surface area contributed by atoms with Gasteiger partial charge in [0.05, 0.1) is 17.3 Å². The SMILES string of the molecule is Cc1n[nH]c(C)c1CCCNC1CCN(c2cc(C#N)ccn2)CC1. The quantitative estimate of drug-likeness (QED) is 0.791. The van der Waals surface area contributed by atoms with Crippen LogP contribution in [0.5, 0.6) is 0 Å². The van der Waals surface area contributed by atoms with E-state index in [1.807, 2.05) is 6.07 Å². The Labute approximate surface area is 149 Å². The number of aryl methyl sites for hydroxylation is 2. The first-order valence-electron chi connectivity index (χ1n) is 9.02. The summed E-state index contributed by atoms with van der Waals surface area (Å²) >= 11 is 0. The smallest absolute Gasteiger partial charge is 0.129 e. The number of H-pyrrole nitrogens is 1. The van der Waals surface area contributed by atoms with Crippen LogP contribution in [0, 0.1) is 25.2 Å². The van der Waals surface area contributed by atoms with Crippen molar-refractivity contribution in [2.45, 2.75) is 45.6 Å². The maximum atomic E-state index is 9.01. The van der Waals surface area contributed by atoms with Crippen LogP contribution in [0.2, 0.25) is 0 Å². The van der Waals surface area contributed by atoms with Gasteiger partial charge in [0.1, 0.15) is 5.82 Å². The van der Waals surface area contributed by atoms with Gasteiger partial charge in [-0.1, -0.05) is 0 Å². The van der Waals surface area contributed by atoms with E-state index in [2.05, 4.69) is 45.3 Å². The standard InChI is InChI=1S/C19H26N6/c1-14-18(15(2)24-23-14)4-3-8-21-17-6-10-25(11-7-17)19-12-16(13-20)5-9-22-19/h5,9,12,17,21H,3-4,6-8,10-11H2,1-2H3,(H,23,24). The van der Waals surface area contributed by atoms with Crippen LogP contribution in [-0.4, -0.2) is 40.9 Å². The number of aromatic nitrogens is 3. The lowest BCUT2D eigenvalue weighted by Gasteiger charge is -2.33. The Morgan fingerprint density at radius 3 is 2.84 bits per heavy atom. The maximum absolute atomic E-state index is 9.01. The van der Waals surface area contributed by atoms with Gasteiger partial charge in [0.2, 0.25) is 0 Å². The van der Waals surface area contributed by atoms with Crippen molar-refractivity contribution in [1.29, 1.82) is 5.26 Å². The lowest BCUT2D eigenvalue weighted by atomic mass is 10.0. The van der Waals surface area contributed by atoms with Crippen LogP contribution < -0.4 is 10.2 Å². The van der Waals surface area contributed by atoms with Crippen LogP contribution in [0.25, 0.3) is 0 Å². The Morgan fingerprint density at radius 1 is 1.36 bits per heavy atom. The van der Waals surface area contributed by atoms with Crippen molar-refractivity contribution in [3.05, 3.63) is 40.8 Å². The summed E-state index contributed by atoms with van der Waals surface area (Å²) in [6.07, 6.45) is 6.15. The predicted octanol–water partition coefficient (Wildman–Crippen LogP) is 2.48. The van der Waals surface area contributed by atoms with Gasteiger partial charge in [-0.2, -0.15) is 10.4 Å². The first kappa shape index (κ1) is 17.4. The maximum Gasteiger partial charge on any atom is 0.129 e. The summed E-state index contributed by atoms with van der Waals surface area (Å²) in [5, 5.41) is 20.0. The number of rotatable bonds is 6. The molecule has 0 saturated carbocycles. The molecule has 0 aromatic carbocycles. The molecule has 6 heteroatoms. The summed E-state index contributed by atoms with van der Waals surface area (Å²) in [6, 6.07) is 6.38. The van der Waals surface area contributed by atoms with Crippen molar-refractivity contribution in [1.82, 2.24) is 20.5 Å². The number of nitrogens with zero attached hydrogens (tertiary/aromatic N) is 4. The average molecular weight is 338 g/mol. The van der Waals surface area contributed by atoms with Gasteiger partial charge in [0.15, 0.2) is 0 Å². The largest absolute Gasteiger partial charge is 0.356 e. The summed E-state index contributed by atoms with van der Waals surface area (Å²) in [7, 11) is 0. The molecule has 0 amide bonds. The molecule has 0 aliphatic carbocycles. The second-order valence-electron chi connectivity index (χ2n) is 6.75. The minimum Gasteiger partial charge on any atom is -0.356 e. The molecule has 2 aromatic heterocycles. The molecule has 1 saturated heterocycles. The number of aromatic amines is 1. The van der Waals surface area contributed by atoms with Gasteiger partial charge in [0.25, 0.3) is 0 Å². The molecule has 0 bridgehead atoms. The summed E-state index contributed by atoms with van der Waals surface area (Å²) in [6.45, 7) is 7.17. The Balaban J connectivity index is 1.40. The van der Waals surface area contributed by atoms with Crippen molar-refractivity contribution in [3.8, 4) is 6.07 Å². The Hall–Kier alpha value is -2.39. The van der Waals surface area contributed by atoms with E-state index in [-0.39, 0.29) is 0 Å². The summed E-state index contributed by atoms with van der Waals surface area (Å²) in [5.74, 6) is 0.920. The van der Waals surface area contributed by atoms with E-state index in [4.69, 9.17) is 5.26 Å². The minimum absolute atomic E-state index is 0.571. The van der Waals surface area contributed by atoms with Gasteiger partial charge in [-0.15, -0.1) is 0 Å². The Bertz CT molecular complexity index is 717. The summed E-state index contributed by atoms with van der Waals surface area (Å²) in [4.78, 5) is 6.68. The molecule has 2 aromatic rings. The lowest BCUT2D eigenvalue weighted by Crippen LogP contribution is -2.43. The van der Waals surface area contributed by atoms with E-state index < -0.39 is 0 Å². The van der Waals surface area contributed by atoms with E-state index in [0.29, 0.717) is 11.6 Å². The van der Waals surface area contributed by atoms with Crippen LogP contribution >= 0.6 is 0 Å². The van der Waals surface area contributed by atoms with Gasteiger partial charge in [-0.25, -0.2) is 4.98 Å². The molecule has 1 fully saturated rings. The van der Waals surface area contributed by atoms with Crippen LogP contribution in [0.3, 0.4) is 0 Å². The highest BCUT2D eigenvalue weighted by Gasteiger charge is 2.19. The normalized spacial score (nSPS) is 15.3. The van der Waals surface area contributed by atoms with Crippen molar-refractivity contribution >= 4 is 5.82 Å². The average Bonchev–Trinajstić information content (AvgIpc) is 2.97. The zero-order valence-electron chi connectivity index (χ0n) is 15.0. The van der Waals surface area contributed by atoms with E-state index in [9.17, 15) is 0 Å². The third-order valence-corrected chi connectivity index (χ3v) is 5.01. The number of nitrogens with one attached hydrogen (secondary N) is 2.